The monoisotopic (exact) mass is 254 g/mol. The Bertz CT molecular complexity index is 598. The molecule has 1 aromatic heterocycles. The van der Waals surface area contributed by atoms with E-state index in [0.29, 0.717) is 11.4 Å². The second-order valence-electron chi connectivity index (χ2n) is 3.73. The zero-order valence-corrected chi connectivity index (χ0v) is 9.01. The van der Waals surface area contributed by atoms with Gasteiger partial charge in [0.2, 0.25) is 0 Å². The summed E-state index contributed by atoms with van der Waals surface area (Å²) in [7, 11) is 0. The van der Waals surface area contributed by atoms with E-state index in [0.717, 1.165) is 0 Å². The lowest BCUT2D eigenvalue weighted by molar-refractivity contribution is -0.286. The van der Waals surface area contributed by atoms with Gasteiger partial charge in [0.15, 0.2) is 11.5 Å². The zero-order chi connectivity index (χ0) is 12.8. The summed E-state index contributed by atoms with van der Waals surface area (Å²) in [5.74, 6) is -0.0389. The third kappa shape index (κ3) is 1.78. The van der Waals surface area contributed by atoms with E-state index < -0.39 is 6.29 Å². The number of ether oxygens (including phenoxy) is 2. The van der Waals surface area contributed by atoms with Gasteiger partial charge in [0.25, 0.3) is 0 Å². The van der Waals surface area contributed by atoms with Crippen LogP contribution in [0.15, 0.2) is 30.7 Å². The molecule has 0 atom stereocenters. The van der Waals surface area contributed by atoms with E-state index >= 15 is 0 Å². The molecule has 7 heteroatoms. The lowest BCUT2D eigenvalue weighted by atomic mass is 10.3. The largest absolute Gasteiger partial charge is 0.586 e. The smallest absolute Gasteiger partial charge is 0.395 e. The first-order valence-electron chi connectivity index (χ1n) is 5.11. The number of nitrogens with zero attached hydrogens (tertiary/aromatic N) is 2. The van der Waals surface area contributed by atoms with Gasteiger partial charge in [0.1, 0.15) is 0 Å². The van der Waals surface area contributed by atoms with Crippen LogP contribution in [-0.2, 0) is 6.61 Å². The molecule has 0 spiro atoms. The predicted octanol–water partition coefficient (Wildman–Crippen LogP) is 1.69. The van der Waals surface area contributed by atoms with Crippen molar-refractivity contribution in [3.63, 3.8) is 0 Å². The number of benzene rings is 1. The van der Waals surface area contributed by atoms with Crippen molar-refractivity contribution in [2.45, 2.75) is 12.9 Å². The molecule has 0 radical (unpaired) electrons. The number of aliphatic hydroxyl groups excluding tert-OH is 1. The van der Waals surface area contributed by atoms with Crippen molar-refractivity contribution >= 4 is 0 Å². The molecule has 3 rings (SSSR count). The van der Waals surface area contributed by atoms with Crippen molar-refractivity contribution in [3.05, 3.63) is 36.4 Å². The molecular weight excluding hydrogens is 246 g/mol. The molecule has 0 fully saturated rings. The van der Waals surface area contributed by atoms with Gasteiger partial charge in [-0.15, -0.1) is 8.78 Å². The molecule has 0 saturated heterocycles. The number of imidazole rings is 1. The van der Waals surface area contributed by atoms with E-state index in [9.17, 15) is 8.78 Å². The summed E-state index contributed by atoms with van der Waals surface area (Å²) in [6.45, 7) is -0.185. The summed E-state index contributed by atoms with van der Waals surface area (Å²) < 4.78 is 35.9. The summed E-state index contributed by atoms with van der Waals surface area (Å²) in [5.41, 5.74) is 1.07. The lowest BCUT2D eigenvalue weighted by Gasteiger charge is -2.04. The minimum Gasteiger partial charge on any atom is -0.395 e. The number of hydrogen-bond acceptors (Lipinski definition) is 4. The number of aliphatic hydroxyl groups is 1. The molecule has 2 aromatic rings. The van der Waals surface area contributed by atoms with Crippen LogP contribution < -0.4 is 9.47 Å². The highest BCUT2D eigenvalue weighted by Gasteiger charge is 2.43. The van der Waals surface area contributed by atoms with E-state index in [2.05, 4.69) is 14.5 Å². The molecule has 1 aliphatic rings. The van der Waals surface area contributed by atoms with Crippen molar-refractivity contribution in [2.75, 3.05) is 0 Å². The van der Waals surface area contributed by atoms with Gasteiger partial charge in [-0.3, -0.25) is 0 Å². The van der Waals surface area contributed by atoms with Gasteiger partial charge in [-0.25, -0.2) is 4.98 Å². The normalized spacial score (nSPS) is 15.9. The molecule has 1 N–H and O–H groups in total. The minimum atomic E-state index is -3.62. The summed E-state index contributed by atoms with van der Waals surface area (Å²) in [6, 6.07) is 4.40. The van der Waals surface area contributed by atoms with Crippen LogP contribution >= 0.6 is 0 Å². The summed E-state index contributed by atoms with van der Waals surface area (Å²) in [6.07, 6.45) is -0.553. The van der Waals surface area contributed by atoms with Crippen LogP contribution in [0.1, 0.15) is 5.69 Å². The van der Waals surface area contributed by atoms with Crippen molar-refractivity contribution in [2.24, 2.45) is 0 Å². The fourth-order valence-electron chi connectivity index (χ4n) is 1.68. The Labute approximate surface area is 100 Å². The number of alkyl halides is 2. The van der Waals surface area contributed by atoms with Crippen LogP contribution in [0.2, 0.25) is 0 Å². The van der Waals surface area contributed by atoms with Crippen molar-refractivity contribution in [3.8, 4) is 17.2 Å². The molecule has 94 valence electrons. The van der Waals surface area contributed by atoms with Crippen molar-refractivity contribution < 1.29 is 23.4 Å². The molecule has 1 aromatic carbocycles. The van der Waals surface area contributed by atoms with Gasteiger partial charge < -0.3 is 19.1 Å². The molecule has 5 nitrogen and oxygen atoms in total. The van der Waals surface area contributed by atoms with Gasteiger partial charge >= 0.3 is 6.29 Å². The van der Waals surface area contributed by atoms with Crippen LogP contribution in [0.5, 0.6) is 11.5 Å². The predicted molar refractivity (Wildman–Crippen MR) is 55.7 cm³/mol. The molecule has 0 aliphatic carbocycles. The zero-order valence-electron chi connectivity index (χ0n) is 9.01. The highest BCUT2D eigenvalue weighted by atomic mass is 19.3. The second-order valence-corrected chi connectivity index (χ2v) is 3.73. The molecule has 1 aliphatic heterocycles. The fraction of sp³-hybridized carbons (Fsp3) is 0.182. The number of halogens is 2. The lowest BCUT2D eigenvalue weighted by Crippen LogP contribution is -2.25. The topological polar surface area (TPSA) is 56.5 Å². The van der Waals surface area contributed by atoms with Crippen LogP contribution in [0.3, 0.4) is 0 Å². The van der Waals surface area contributed by atoms with E-state index in [1.807, 2.05) is 0 Å². The Morgan fingerprint density at radius 2 is 2.06 bits per heavy atom. The van der Waals surface area contributed by atoms with E-state index in [1.165, 1.54) is 18.5 Å². The van der Waals surface area contributed by atoms with Crippen molar-refractivity contribution in [1.29, 1.82) is 0 Å². The standard InChI is InChI=1S/C11H8F2N2O3/c12-11(13)17-9-2-1-8(3-10(9)18-11)15-4-7(5-16)14-6-15/h1-4,6,16H,5H2. The molecule has 0 unspecified atom stereocenters. The Morgan fingerprint density at radius 1 is 1.28 bits per heavy atom. The fourth-order valence-corrected chi connectivity index (χ4v) is 1.68. The highest BCUT2D eigenvalue weighted by Crippen LogP contribution is 2.41. The Balaban J connectivity index is 1.97. The molecule has 0 bridgehead atoms. The van der Waals surface area contributed by atoms with Crippen molar-refractivity contribution in [1.82, 2.24) is 9.55 Å². The quantitative estimate of drug-likeness (QED) is 0.886. The Hall–Kier alpha value is -2.15. The second kappa shape index (κ2) is 3.67. The third-order valence-corrected chi connectivity index (χ3v) is 2.48. The first-order valence-corrected chi connectivity index (χ1v) is 5.11. The molecule has 0 amide bonds. The molecule has 18 heavy (non-hydrogen) atoms. The van der Waals surface area contributed by atoms with Crippen LogP contribution in [-0.4, -0.2) is 21.0 Å². The number of hydrogen-bond donors (Lipinski definition) is 1. The average Bonchev–Trinajstić information content (AvgIpc) is 2.89. The third-order valence-electron chi connectivity index (χ3n) is 2.48. The minimum absolute atomic E-state index is 0.00810. The van der Waals surface area contributed by atoms with Gasteiger partial charge in [-0.2, -0.15) is 0 Å². The highest BCUT2D eigenvalue weighted by molar-refractivity contribution is 5.50. The Kier molecular flexibility index (Phi) is 2.24. The van der Waals surface area contributed by atoms with Crippen LogP contribution in [0.4, 0.5) is 8.78 Å². The van der Waals surface area contributed by atoms with E-state index in [1.54, 1.807) is 16.8 Å². The van der Waals surface area contributed by atoms with E-state index in [4.69, 9.17) is 5.11 Å². The summed E-state index contributed by atoms with van der Waals surface area (Å²) >= 11 is 0. The number of rotatable bonds is 2. The Morgan fingerprint density at radius 3 is 2.78 bits per heavy atom. The maximum atomic E-state index is 12.8. The van der Waals surface area contributed by atoms with Gasteiger partial charge in [-0.1, -0.05) is 0 Å². The molecule has 2 heterocycles. The molecular formula is C11H8F2N2O3. The van der Waals surface area contributed by atoms with Crippen LogP contribution in [0.25, 0.3) is 5.69 Å². The van der Waals surface area contributed by atoms with Gasteiger partial charge in [-0.05, 0) is 12.1 Å². The number of aromatic nitrogens is 2. The first-order chi connectivity index (χ1) is 8.57. The van der Waals surface area contributed by atoms with Gasteiger partial charge in [0, 0.05) is 12.3 Å². The SMILES string of the molecule is OCc1cn(-c2ccc3c(c2)OC(F)(F)O3)cn1. The maximum Gasteiger partial charge on any atom is 0.586 e. The van der Waals surface area contributed by atoms with Crippen LogP contribution in [0, 0.1) is 0 Å². The summed E-state index contributed by atoms with van der Waals surface area (Å²) in [4.78, 5) is 3.93. The van der Waals surface area contributed by atoms with Gasteiger partial charge in [0.05, 0.1) is 24.3 Å². The van der Waals surface area contributed by atoms with E-state index in [-0.39, 0.29) is 18.1 Å². The average molecular weight is 254 g/mol. The number of fused-ring (bicyclic) bond motifs is 1. The summed E-state index contributed by atoms with van der Waals surface area (Å²) in [5, 5.41) is 8.90. The first kappa shape index (κ1) is 11.0. The molecule has 0 saturated carbocycles. The maximum absolute atomic E-state index is 12.8.